The van der Waals surface area contributed by atoms with E-state index in [9.17, 15) is 18.5 Å². The molecule has 1 saturated heterocycles. The van der Waals surface area contributed by atoms with Crippen LogP contribution < -0.4 is 14.8 Å². The van der Waals surface area contributed by atoms with E-state index in [2.05, 4.69) is 15.4 Å². The number of sulfonamides is 1. The van der Waals surface area contributed by atoms with Crippen molar-refractivity contribution in [3.63, 3.8) is 0 Å². The summed E-state index contributed by atoms with van der Waals surface area (Å²) in [5.74, 6) is 0.628. The summed E-state index contributed by atoms with van der Waals surface area (Å²) in [7, 11) is -1.14. The molecule has 1 unspecified atom stereocenters. The Morgan fingerprint density at radius 1 is 1.21 bits per heavy atom. The van der Waals surface area contributed by atoms with Gasteiger partial charge in [0.25, 0.3) is 0 Å². The number of amides is 1. The minimum absolute atomic E-state index is 0.0129. The monoisotopic (exact) mass is 482 g/mol. The first-order valence-electron chi connectivity index (χ1n) is 10.3. The molecule has 0 spiro atoms. The Morgan fingerprint density at radius 3 is 2.68 bits per heavy atom. The van der Waals surface area contributed by atoms with E-state index < -0.39 is 22.0 Å². The fourth-order valence-electron chi connectivity index (χ4n) is 3.81. The highest BCUT2D eigenvalue weighted by atomic mass is 32.2. The quantitative estimate of drug-likeness (QED) is 0.539. The van der Waals surface area contributed by atoms with Crippen LogP contribution in [-0.4, -0.2) is 60.2 Å². The first-order chi connectivity index (χ1) is 16.4. The zero-order valence-corrected chi connectivity index (χ0v) is 19.3. The Morgan fingerprint density at radius 2 is 2.00 bits per heavy atom. The number of nitrogens with zero attached hydrogens (tertiary/aromatic N) is 5. The van der Waals surface area contributed by atoms with Crippen molar-refractivity contribution < 1.29 is 22.7 Å². The molecule has 1 aliphatic heterocycles. The summed E-state index contributed by atoms with van der Waals surface area (Å²) in [6, 6.07) is 10.5. The average molecular weight is 483 g/mol. The molecule has 3 heterocycles. The van der Waals surface area contributed by atoms with Crippen molar-refractivity contribution in [2.24, 2.45) is 0 Å². The Labute approximate surface area is 196 Å². The highest BCUT2D eigenvalue weighted by Gasteiger charge is 2.40. The Balaban J connectivity index is 1.63. The molecular formula is C22H22N6O5S. The number of rotatable bonds is 7. The number of carbonyl (C=O) groups excluding carboxylic acids is 1. The second-order valence-corrected chi connectivity index (χ2v) is 9.29. The summed E-state index contributed by atoms with van der Waals surface area (Å²) in [6.45, 7) is 0.180. The molecule has 0 aliphatic carbocycles. The van der Waals surface area contributed by atoms with E-state index in [0.29, 0.717) is 24.4 Å². The van der Waals surface area contributed by atoms with E-state index in [1.165, 1.54) is 43.3 Å². The van der Waals surface area contributed by atoms with Crippen molar-refractivity contribution in [2.75, 3.05) is 26.1 Å². The summed E-state index contributed by atoms with van der Waals surface area (Å²) in [5, 5.41) is 16.3. The van der Waals surface area contributed by atoms with Gasteiger partial charge in [0.15, 0.2) is 23.1 Å². The minimum atomic E-state index is -4.01. The first kappa shape index (κ1) is 23.2. The van der Waals surface area contributed by atoms with Crippen molar-refractivity contribution in [3.8, 4) is 23.4 Å². The topological polar surface area (TPSA) is 139 Å². The van der Waals surface area contributed by atoms with Crippen LogP contribution in [0.15, 0.2) is 53.7 Å². The Kier molecular flexibility index (Phi) is 6.49. The molecule has 1 atom stereocenters. The van der Waals surface area contributed by atoms with Crippen LogP contribution in [0.2, 0.25) is 0 Å². The number of benzene rings is 1. The third-order valence-corrected chi connectivity index (χ3v) is 7.37. The SMILES string of the molecule is COc1ccc(S(=O)(=O)N2CCCC2C(=O)Nc2c(C#N)cnn2-c2ccccn2)cc1OC. The Hall–Kier alpha value is -3.95. The van der Waals surface area contributed by atoms with Crippen LogP contribution in [0, 0.1) is 11.3 Å². The molecule has 34 heavy (non-hydrogen) atoms. The number of carbonyl (C=O) groups is 1. The van der Waals surface area contributed by atoms with E-state index in [0.717, 1.165) is 4.31 Å². The third-order valence-electron chi connectivity index (χ3n) is 5.47. The largest absolute Gasteiger partial charge is 0.493 e. The van der Waals surface area contributed by atoms with Gasteiger partial charge in [0.1, 0.15) is 17.7 Å². The maximum Gasteiger partial charge on any atom is 0.244 e. The van der Waals surface area contributed by atoms with Crippen LogP contribution in [-0.2, 0) is 14.8 Å². The first-order valence-corrected chi connectivity index (χ1v) is 11.8. The van der Waals surface area contributed by atoms with Gasteiger partial charge in [-0.2, -0.15) is 19.3 Å². The van der Waals surface area contributed by atoms with Crippen molar-refractivity contribution in [1.82, 2.24) is 19.1 Å². The molecule has 12 heteroatoms. The number of methoxy groups -OCH3 is 2. The predicted octanol–water partition coefficient (Wildman–Crippen LogP) is 1.95. The second-order valence-electron chi connectivity index (χ2n) is 7.40. The molecule has 4 rings (SSSR count). The van der Waals surface area contributed by atoms with Gasteiger partial charge >= 0.3 is 0 Å². The zero-order chi connectivity index (χ0) is 24.3. The number of nitriles is 1. The molecule has 176 valence electrons. The van der Waals surface area contributed by atoms with E-state index in [-0.39, 0.29) is 28.6 Å². The summed E-state index contributed by atoms with van der Waals surface area (Å²) >= 11 is 0. The van der Waals surface area contributed by atoms with Gasteiger partial charge in [0, 0.05) is 18.8 Å². The molecule has 1 amide bonds. The normalized spacial score (nSPS) is 16.1. The molecule has 3 aromatic rings. The molecule has 11 nitrogen and oxygen atoms in total. The molecule has 1 N–H and O–H groups in total. The maximum absolute atomic E-state index is 13.4. The zero-order valence-electron chi connectivity index (χ0n) is 18.5. The van der Waals surface area contributed by atoms with Crippen molar-refractivity contribution in [1.29, 1.82) is 5.26 Å². The lowest BCUT2D eigenvalue weighted by atomic mass is 10.2. The van der Waals surface area contributed by atoms with E-state index in [1.807, 2.05) is 6.07 Å². The fourth-order valence-corrected chi connectivity index (χ4v) is 5.48. The minimum Gasteiger partial charge on any atom is -0.493 e. The number of pyridine rings is 1. The van der Waals surface area contributed by atoms with Crippen LogP contribution in [0.4, 0.5) is 5.82 Å². The molecule has 1 aromatic carbocycles. The van der Waals surface area contributed by atoms with Crippen LogP contribution in [0.5, 0.6) is 11.5 Å². The highest BCUT2D eigenvalue weighted by Crippen LogP contribution is 2.33. The lowest BCUT2D eigenvalue weighted by molar-refractivity contribution is -0.119. The van der Waals surface area contributed by atoms with Crippen molar-refractivity contribution >= 4 is 21.7 Å². The van der Waals surface area contributed by atoms with Gasteiger partial charge in [-0.25, -0.2) is 13.4 Å². The van der Waals surface area contributed by atoms with Crippen molar-refractivity contribution in [2.45, 2.75) is 23.8 Å². The fraction of sp³-hybridized carbons (Fsp3) is 0.273. The highest BCUT2D eigenvalue weighted by molar-refractivity contribution is 7.89. The molecule has 1 fully saturated rings. The Bertz CT molecular complexity index is 1350. The molecule has 2 aromatic heterocycles. The summed E-state index contributed by atoms with van der Waals surface area (Å²) in [4.78, 5) is 17.4. The number of hydrogen-bond acceptors (Lipinski definition) is 8. The number of hydrogen-bond donors (Lipinski definition) is 1. The number of aromatic nitrogens is 3. The van der Waals surface area contributed by atoms with Gasteiger partial charge in [-0.1, -0.05) is 6.07 Å². The molecule has 0 saturated carbocycles. The second kappa shape index (κ2) is 9.50. The van der Waals surface area contributed by atoms with Crippen LogP contribution in [0.1, 0.15) is 18.4 Å². The summed E-state index contributed by atoms with van der Waals surface area (Å²) in [5.41, 5.74) is 0.131. The van der Waals surface area contributed by atoms with E-state index in [4.69, 9.17) is 9.47 Å². The standard InChI is InChI=1S/C22H22N6O5S/c1-32-18-9-8-16(12-19(18)33-2)34(30,31)27-11-5-6-17(27)22(29)26-21-15(13-23)14-25-28(21)20-7-3-4-10-24-20/h3-4,7-10,12,14,17H,5-6,11H2,1-2H3,(H,26,29). The third kappa shape index (κ3) is 4.18. The molecule has 1 aliphatic rings. The van der Waals surface area contributed by atoms with E-state index in [1.54, 1.807) is 24.4 Å². The molecular weight excluding hydrogens is 460 g/mol. The maximum atomic E-state index is 13.4. The van der Waals surface area contributed by atoms with E-state index >= 15 is 0 Å². The lowest BCUT2D eigenvalue weighted by Crippen LogP contribution is -2.43. The lowest BCUT2D eigenvalue weighted by Gasteiger charge is -2.24. The van der Waals surface area contributed by atoms with Gasteiger partial charge in [-0.05, 0) is 37.1 Å². The summed E-state index contributed by atoms with van der Waals surface area (Å²) < 4.78 is 39.7. The summed E-state index contributed by atoms with van der Waals surface area (Å²) in [6.07, 6.45) is 3.72. The van der Waals surface area contributed by atoms with Gasteiger partial charge in [-0.3, -0.25) is 4.79 Å². The van der Waals surface area contributed by atoms with Crippen LogP contribution in [0.25, 0.3) is 5.82 Å². The predicted molar refractivity (Wildman–Crippen MR) is 121 cm³/mol. The smallest absolute Gasteiger partial charge is 0.244 e. The average Bonchev–Trinajstić information content (AvgIpc) is 3.52. The van der Waals surface area contributed by atoms with Crippen molar-refractivity contribution in [3.05, 3.63) is 54.4 Å². The van der Waals surface area contributed by atoms with Gasteiger partial charge in [0.05, 0.1) is 25.3 Å². The number of ether oxygens (including phenoxy) is 2. The van der Waals surface area contributed by atoms with Gasteiger partial charge in [-0.15, -0.1) is 0 Å². The van der Waals surface area contributed by atoms with Crippen LogP contribution in [0.3, 0.4) is 0 Å². The molecule has 0 bridgehead atoms. The van der Waals surface area contributed by atoms with Crippen LogP contribution >= 0.6 is 0 Å². The van der Waals surface area contributed by atoms with Gasteiger partial charge in [0.2, 0.25) is 15.9 Å². The molecule has 0 radical (unpaired) electrons. The van der Waals surface area contributed by atoms with Gasteiger partial charge < -0.3 is 14.8 Å². The number of anilines is 1. The number of nitrogens with one attached hydrogen (secondary N) is 1.